The number of hydrogen-bond acceptors (Lipinski definition) is 3. The van der Waals surface area contributed by atoms with Crippen LogP contribution in [0.15, 0.2) is 12.3 Å². The SMILES string of the molecule is CCCCCCC(C)Oc1nccc(C)c1C(=O)O. The molecule has 19 heavy (non-hydrogen) atoms. The molecule has 0 bridgehead atoms. The molecule has 0 fully saturated rings. The van der Waals surface area contributed by atoms with E-state index >= 15 is 0 Å². The first-order valence-electron chi connectivity index (χ1n) is 6.91. The van der Waals surface area contributed by atoms with E-state index < -0.39 is 5.97 Å². The minimum atomic E-state index is -0.987. The predicted octanol–water partition coefficient (Wildman–Crippen LogP) is 3.83. The summed E-state index contributed by atoms with van der Waals surface area (Å²) in [6, 6.07) is 1.68. The van der Waals surface area contributed by atoms with Crippen molar-refractivity contribution in [1.82, 2.24) is 4.98 Å². The molecule has 0 saturated carbocycles. The van der Waals surface area contributed by atoms with Crippen molar-refractivity contribution >= 4 is 5.97 Å². The van der Waals surface area contributed by atoms with Crippen molar-refractivity contribution in [2.45, 2.75) is 59.0 Å². The third kappa shape index (κ3) is 4.89. The number of unbranched alkanes of at least 4 members (excludes halogenated alkanes) is 3. The third-order valence-electron chi connectivity index (χ3n) is 3.12. The molecule has 0 radical (unpaired) electrons. The van der Waals surface area contributed by atoms with E-state index in [9.17, 15) is 9.90 Å². The Hall–Kier alpha value is -1.58. The number of carboxylic acid groups (broad SMARTS) is 1. The van der Waals surface area contributed by atoms with Crippen LogP contribution in [0.3, 0.4) is 0 Å². The number of pyridine rings is 1. The molecule has 4 heteroatoms. The van der Waals surface area contributed by atoms with Crippen LogP contribution in [0.4, 0.5) is 0 Å². The summed E-state index contributed by atoms with van der Waals surface area (Å²) in [6.07, 6.45) is 7.23. The highest BCUT2D eigenvalue weighted by atomic mass is 16.5. The Morgan fingerprint density at radius 3 is 2.79 bits per heavy atom. The minimum absolute atomic E-state index is 0.00995. The van der Waals surface area contributed by atoms with E-state index in [4.69, 9.17) is 4.74 Å². The lowest BCUT2D eigenvalue weighted by Crippen LogP contribution is -2.15. The third-order valence-corrected chi connectivity index (χ3v) is 3.12. The fourth-order valence-electron chi connectivity index (χ4n) is 1.99. The number of nitrogens with zero attached hydrogens (tertiary/aromatic N) is 1. The van der Waals surface area contributed by atoms with Gasteiger partial charge in [-0.15, -0.1) is 0 Å². The Kier molecular flexibility index (Phi) is 6.33. The molecule has 0 aliphatic carbocycles. The summed E-state index contributed by atoms with van der Waals surface area (Å²) < 4.78 is 5.68. The molecular weight excluding hydrogens is 242 g/mol. The molecule has 1 rings (SSSR count). The van der Waals surface area contributed by atoms with Crippen molar-refractivity contribution in [1.29, 1.82) is 0 Å². The summed E-state index contributed by atoms with van der Waals surface area (Å²) in [5.41, 5.74) is 0.846. The predicted molar refractivity (Wildman–Crippen MR) is 74.8 cm³/mol. The molecule has 1 aromatic rings. The van der Waals surface area contributed by atoms with Crippen LogP contribution in [0.5, 0.6) is 5.88 Å². The molecule has 0 aliphatic heterocycles. The van der Waals surface area contributed by atoms with Crippen LogP contribution in [-0.2, 0) is 0 Å². The quantitative estimate of drug-likeness (QED) is 0.726. The highest BCUT2D eigenvalue weighted by Crippen LogP contribution is 2.21. The van der Waals surface area contributed by atoms with Gasteiger partial charge in [0.05, 0.1) is 6.10 Å². The maximum absolute atomic E-state index is 11.2. The molecule has 1 heterocycles. The van der Waals surface area contributed by atoms with Crippen LogP contribution < -0.4 is 4.74 Å². The molecule has 0 saturated heterocycles. The topological polar surface area (TPSA) is 59.4 Å². The van der Waals surface area contributed by atoms with Gasteiger partial charge in [0.25, 0.3) is 0 Å². The van der Waals surface area contributed by atoms with Gasteiger partial charge in [-0.1, -0.05) is 26.2 Å². The molecule has 1 aromatic heterocycles. The van der Waals surface area contributed by atoms with Crippen LogP contribution in [0.2, 0.25) is 0 Å². The molecule has 1 atom stereocenters. The Morgan fingerprint density at radius 2 is 2.16 bits per heavy atom. The second kappa shape index (κ2) is 7.77. The summed E-state index contributed by atoms with van der Waals surface area (Å²) in [5, 5.41) is 9.19. The summed E-state index contributed by atoms with van der Waals surface area (Å²) in [5.74, 6) is -0.755. The van der Waals surface area contributed by atoms with Gasteiger partial charge in [-0.2, -0.15) is 0 Å². The van der Waals surface area contributed by atoms with Gasteiger partial charge in [0.15, 0.2) is 0 Å². The average Bonchev–Trinajstić information content (AvgIpc) is 2.34. The lowest BCUT2D eigenvalue weighted by molar-refractivity contribution is 0.0687. The van der Waals surface area contributed by atoms with Crippen LogP contribution in [0.1, 0.15) is 61.9 Å². The molecule has 4 nitrogen and oxygen atoms in total. The smallest absolute Gasteiger partial charge is 0.341 e. The first kappa shape index (κ1) is 15.5. The van der Waals surface area contributed by atoms with E-state index in [0.29, 0.717) is 5.56 Å². The number of hydrogen-bond donors (Lipinski definition) is 1. The zero-order valence-electron chi connectivity index (χ0n) is 12.0. The van der Waals surface area contributed by atoms with Crippen molar-refractivity contribution < 1.29 is 14.6 Å². The highest BCUT2D eigenvalue weighted by molar-refractivity contribution is 5.91. The minimum Gasteiger partial charge on any atom is -0.477 e. The van der Waals surface area contributed by atoms with Crippen LogP contribution in [0, 0.1) is 6.92 Å². The maximum atomic E-state index is 11.2. The first-order chi connectivity index (χ1) is 9.06. The monoisotopic (exact) mass is 265 g/mol. The van der Waals surface area contributed by atoms with Crippen molar-refractivity contribution in [2.75, 3.05) is 0 Å². The number of ether oxygens (including phenoxy) is 1. The number of aromatic carboxylic acids is 1. The molecule has 0 spiro atoms. The van der Waals surface area contributed by atoms with Gasteiger partial charge in [0, 0.05) is 6.20 Å². The molecule has 0 amide bonds. The lowest BCUT2D eigenvalue weighted by atomic mass is 10.1. The zero-order chi connectivity index (χ0) is 14.3. The van der Waals surface area contributed by atoms with Crippen molar-refractivity contribution in [3.05, 3.63) is 23.4 Å². The van der Waals surface area contributed by atoms with E-state index in [1.165, 1.54) is 19.3 Å². The zero-order valence-corrected chi connectivity index (χ0v) is 12.0. The normalized spacial score (nSPS) is 12.2. The second-order valence-electron chi connectivity index (χ2n) is 4.89. The Morgan fingerprint density at radius 1 is 1.42 bits per heavy atom. The van der Waals surface area contributed by atoms with Gasteiger partial charge in [-0.3, -0.25) is 0 Å². The average molecular weight is 265 g/mol. The lowest BCUT2D eigenvalue weighted by Gasteiger charge is -2.16. The van der Waals surface area contributed by atoms with E-state index in [0.717, 1.165) is 12.8 Å². The van der Waals surface area contributed by atoms with Crippen LogP contribution in [-0.4, -0.2) is 22.2 Å². The standard InChI is InChI=1S/C15H23NO3/c1-4-5-6-7-8-12(3)19-14-13(15(17)18)11(2)9-10-16-14/h9-10,12H,4-8H2,1-3H3,(H,17,18). The van der Waals surface area contributed by atoms with Crippen molar-refractivity contribution in [3.8, 4) is 5.88 Å². The fourth-order valence-corrected chi connectivity index (χ4v) is 1.99. The number of aromatic nitrogens is 1. The van der Waals surface area contributed by atoms with E-state index in [1.54, 1.807) is 19.2 Å². The number of carbonyl (C=O) groups is 1. The molecule has 0 aromatic carbocycles. The highest BCUT2D eigenvalue weighted by Gasteiger charge is 2.17. The number of aryl methyl sites for hydroxylation is 1. The van der Waals surface area contributed by atoms with Crippen molar-refractivity contribution in [3.63, 3.8) is 0 Å². The molecule has 0 aliphatic rings. The molecule has 106 valence electrons. The van der Waals surface area contributed by atoms with Crippen molar-refractivity contribution in [2.24, 2.45) is 0 Å². The molecule has 1 N–H and O–H groups in total. The summed E-state index contributed by atoms with van der Waals surface area (Å²) in [7, 11) is 0. The molecular formula is C15H23NO3. The first-order valence-corrected chi connectivity index (χ1v) is 6.91. The Labute approximate surface area is 114 Å². The van der Waals surface area contributed by atoms with E-state index in [-0.39, 0.29) is 17.5 Å². The van der Waals surface area contributed by atoms with Gasteiger partial charge in [-0.25, -0.2) is 9.78 Å². The van der Waals surface area contributed by atoms with E-state index in [2.05, 4.69) is 11.9 Å². The Balaban J connectivity index is 2.61. The van der Waals surface area contributed by atoms with E-state index in [1.807, 2.05) is 6.92 Å². The van der Waals surface area contributed by atoms with Gasteiger partial charge >= 0.3 is 5.97 Å². The van der Waals surface area contributed by atoms with Crippen LogP contribution in [0.25, 0.3) is 0 Å². The summed E-state index contributed by atoms with van der Waals surface area (Å²) in [4.78, 5) is 15.2. The molecule has 1 unspecified atom stereocenters. The summed E-state index contributed by atoms with van der Waals surface area (Å²) >= 11 is 0. The number of rotatable bonds is 8. The van der Waals surface area contributed by atoms with Gasteiger partial charge in [-0.05, 0) is 38.3 Å². The van der Waals surface area contributed by atoms with Crippen LogP contribution >= 0.6 is 0 Å². The Bertz CT molecular complexity index is 418. The number of carboxylic acids is 1. The summed E-state index contributed by atoms with van der Waals surface area (Å²) in [6.45, 7) is 5.89. The van der Waals surface area contributed by atoms with Gasteiger partial charge in [0.2, 0.25) is 5.88 Å². The van der Waals surface area contributed by atoms with Gasteiger partial charge in [0.1, 0.15) is 5.56 Å². The van der Waals surface area contributed by atoms with Gasteiger partial charge < -0.3 is 9.84 Å². The largest absolute Gasteiger partial charge is 0.477 e. The maximum Gasteiger partial charge on any atom is 0.341 e. The fraction of sp³-hybridized carbons (Fsp3) is 0.600. The second-order valence-corrected chi connectivity index (χ2v) is 4.89.